The second-order valence-corrected chi connectivity index (χ2v) is 2.88. The standard InChI is InChI=1S/C9H11N5/c1-2-3-4-14-6-13-9-7(14)8(10)11-5-12-9/h3-6H,2H2,1H3,(H2,10,11,12)/b4-3+. The molecule has 2 aromatic rings. The van der Waals surface area contributed by atoms with Crippen LogP contribution in [0.15, 0.2) is 18.7 Å². The van der Waals surface area contributed by atoms with Crippen molar-refractivity contribution in [2.45, 2.75) is 13.3 Å². The molecule has 2 rings (SSSR count). The number of imidazole rings is 1. The van der Waals surface area contributed by atoms with E-state index in [0.717, 1.165) is 11.9 Å². The third-order valence-corrected chi connectivity index (χ3v) is 1.90. The molecule has 0 fully saturated rings. The average Bonchev–Trinajstić information content (AvgIpc) is 2.59. The number of hydrogen-bond donors (Lipinski definition) is 1. The van der Waals surface area contributed by atoms with Crippen LogP contribution in [0.1, 0.15) is 13.3 Å². The quantitative estimate of drug-likeness (QED) is 0.772. The van der Waals surface area contributed by atoms with Gasteiger partial charge in [0.2, 0.25) is 0 Å². The van der Waals surface area contributed by atoms with E-state index in [4.69, 9.17) is 5.73 Å². The molecule has 5 heteroatoms. The minimum Gasteiger partial charge on any atom is -0.382 e. The van der Waals surface area contributed by atoms with Crippen molar-refractivity contribution in [2.75, 3.05) is 5.73 Å². The van der Waals surface area contributed by atoms with Crippen molar-refractivity contribution < 1.29 is 0 Å². The highest BCUT2D eigenvalue weighted by atomic mass is 15.1. The predicted octanol–water partition coefficient (Wildman–Crippen LogP) is 1.29. The lowest BCUT2D eigenvalue weighted by molar-refractivity contribution is 1.14. The zero-order chi connectivity index (χ0) is 9.97. The van der Waals surface area contributed by atoms with Crippen molar-refractivity contribution >= 4 is 23.2 Å². The molecule has 0 aliphatic heterocycles. The van der Waals surface area contributed by atoms with Gasteiger partial charge in [-0.3, -0.25) is 0 Å². The van der Waals surface area contributed by atoms with Crippen LogP contribution in [0.5, 0.6) is 0 Å². The maximum Gasteiger partial charge on any atom is 0.183 e. The molecule has 2 aromatic heterocycles. The topological polar surface area (TPSA) is 69.6 Å². The van der Waals surface area contributed by atoms with Crippen molar-refractivity contribution in [3.8, 4) is 0 Å². The molecule has 0 atom stereocenters. The monoisotopic (exact) mass is 189 g/mol. The Morgan fingerprint density at radius 2 is 2.29 bits per heavy atom. The van der Waals surface area contributed by atoms with Crippen LogP contribution in [0.4, 0.5) is 5.82 Å². The molecule has 0 bridgehead atoms. The van der Waals surface area contributed by atoms with Crippen molar-refractivity contribution in [1.82, 2.24) is 19.5 Å². The summed E-state index contributed by atoms with van der Waals surface area (Å²) in [5.74, 6) is 0.452. The van der Waals surface area contributed by atoms with E-state index in [0.29, 0.717) is 11.5 Å². The SMILES string of the molecule is CC/C=C/n1cnc2ncnc(N)c21. The normalized spacial score (nSPS) is 11.5. The number of anilines is 1. The molecule has 0 aromatic carbocycles. The van der Waals surface area contributed by atoms with Gasteiger partial charge in [-0.05, 0) is 6.42 Å². The van der Waals surface area contributed by atoms with E-state index in [2.05, 4.69) is 21.9 Å². The molecule has 0 aliphatic rings. The van der Waals surface area contributed by atoms with Crippen LogP contribution < -0.4 is 5.73 Å². The molecule has 14 heavy (non-hydrogen) atoms. The Hall–Kier alpha value is -1.91. The zero-order valence-electron chi connectivity index (χ0n) is 7.88. The lowest BCUT2D eigenvalue weighted by Gasteiger charge is -1.97. The number of allylic oxidation sites excluding steroid dienone is 1. The molecule has 2 N–H and O–H groups in total. The first kappa shape index (κ1) is 8.68. The highest BCUT2D eigenvalue weighted by molar-refractivity contribution is 5.83. The largest absolute Gasteiger partial charge is 0.382 e. The summed E-state index contributed by atoms with van der Waals surface area (Å²) in [5.41, 5.74) is 7.11. The lowest BCUT2D eigenvalue weighted by Crippen LogP contribution is -1.95. The Morgan fingerprint density at radius 3 is 3.07 bits per heavy atom. The van der Waals surface area contributed by atoms with Crippen LogP contribution in [0, 0.1) is 0 Å². The summed E-state index contributed by atoms with van der Waals surface area (Å²) in [6.07, 6.45) is 8.00. The average molecular weight is 189 g/mol. The molecule has 72 valence electrons. The Bertz CT molecular complexity index is 471. The summed E-state index contributed by atoms with van der Waals surface area (Å²) >= 11 is 0. The van der Waals surface area contributed by atoms with E-state index in [-0.39, 0.29) is 0 Å². The van der Waals surface area contributed by atoms with Crippen molar-refractivity contribution in [1.29, 1.82) is 0 Å². The Balaban J connectivity index is 2.61. The number of nitrogen functional groups attached to an aromatic ring is 1. The fraction of sp³-hybridized carbons (Fsp3) is 0.222. The van der Waals surface area contributed by atoms with E-state index in [9.17, 15) is 0 Å². The van der Waals surface area contributed by atoms with Gasteiger partial charge in [0.1, 0.15) is 18.2 Å². The van der Waals surface area contributed by atoms with Crippen molar-refractivity contribution in [3.05, 3.63) is 18.7 Å². The second kappa shape index (κ2) is 3.45. The minimum absolute atomic E-state index is 0.452. The van der Waals surface area contributed by atoms with Crippen LogP contribution in [0.25, 0.3) is 17.4 Å². The molecule has 0 radical (unpaired) electrons. The summed E-state index contributed by atoms with van der Waals surface area (Å²) in [6, 6.07) is 0. The third kappa shape index (κ3) is 1.32. The maximum atomic E-state index is 5.73. The molecular formula is C9H11N5. The molecular weight excluding hydrogens is 178 g/mol. The number of aromatic nitrogens is 4. The van der Waals surface area contributed by atoms with Gasteiger partial charge in [-0.1, -0.05) is 13.0 Å². The fourth-order valence-corrected chi connectivity index (χ4v) is 1.23. The van der Waals surface area contributed by atoms with E-state index < -0.39 is 0 Å². The van der Waals surface area contributed by atoms with E-state index in [1.807, 2.05) is 16.8 Å². The van der Waals surface area contributed by atoms with Crippen LogP contribution >= 0.6 is 0 Å². The molecule has 5 nitrogen and oxygen atoms in total. The van der Waals surface area contributed by atoms with Gasteiger partial charge < -0.3 is 10.3 Å². The molecule has 2 heterocycles. The lowest BCUT2D eigenvalue weighted by atomic mass is 10.4. The van der Waals surface area contributed by atoms with Gasteiger partial charge in [0.05, 0.1) is 0 Å². The molecule has 0 amide bonds. The highest BCUT2D eigenvalue weighted by Gasteiger charge is 2.05. The number of fused-ring (bicyclic) bond motifs is 1. The Labute approximate surface area is 81.3 Å². The van der Waals surface area contributed by atoms with Gasteiger partial charge in [-0.25, -0.2) is 15.0 Å². The van der Waals surface area contributed by atoms with Crippen LogP contribution in [-0.4, -0.2) is 19.5 Å². The molecule has 0 unspecified atom stereocenters. The Kier molecular flexibility index (Phi) is 2.14. The van der Waals surface area contributed by atoms with Gasteiger partial charge in [0.15, 0.2) is 11.5 Å². The van der Waals surface area contributed by atoms with Gasteiger partial charge in [-0.2, -0.15) is 0 Å². The number of rotatable bonds is 2. The predicted molar refractivity (Wildman–Crippen MR) is 55.4 cm³/mol. The Morgan fingerprint density at radius 1 is 1.43 bits per heavy atom. The summed E-state index contributed by atoms with van der Waals surface area (Å²) in [7, 11) is 0. The van der Waals surface area contributed by atoms with Crippen LogP contribution in [0.3, 0.4) is 0 Å². The highest BCUT2D eigenvalue weighted by Crippen LogP contribution is 2.15. The first-order chi connectivity index (χ1) is 6.83. The van der Waals surface area contributed by atoms with E-state index in [1.165, 1.54) is 6.33 Å². The number of hydrogen-bond acceptors (Lipinski definition) is 4. The van der Waals surface area contributed by atoms with E-state index in [1.54, 1.807) is 6.33 Å². The summed E-state index contributed by atoms with van der Waals surface area (Å²) in [5, 5.41) is 0. The van der Waals surface area contributed by atoms with Crippen molar-refractivity contribution in [3.63, 3.8) is 0 Å². The third-order valence-electron chi connectivity index (χ3n) is 1.90. The molecule has 0 aliphatic carbocycles. The number of nitrogens with two attached hydrogens (primary N) is 1. The van der Waals surface area contributed by atoms with Crippen LogP contribution in [0.2, 0.25) is 0 Å². The van der Waals surface area contributed by atoms with Gasteiger partial charge in [-0.15, -0.1) is 0 Å². The van der Waals surface area contributed by atoms with Crippen molar-refractivity contribution in [2.24, 2.45) is 0 Å². The molecule has 0 saturated carbocycles. The minimum atomic E-state index is 0.452. The second-order valence-electron chi connectivity index (χ2n) is 2.88. The summed E-state index contributed by atoms with van der Waals surface area (Å²) in [6.45, 7) is 2.06. The molecule has 0 spiro atoms. The summed E-state index contributed by atoms with van der Waals surface area (Å²) in [4.78, 5) is 12.0. The maximum absolute atomic E-state index is 5.73. The van der Waals surface area contributed by atoms with Crippen LogP contribution in [-0.2, 0) is 0 Å². The smallest absolute Gasteiger partial charge is 0.183 e. The number of nitrogens with zero attached hydrogens (tertiary/aromatic N) is 4. The van der Waals surface area contributed by atoms with Gasteiger partial charge in [0, 0.05) is 6.20 Å². The van der Waals surface area contributed by atoms with Gasteiger partial charge in [0.25, 0.3) is 0 Å². The van der Waals surface area contributed by atoms with Gasteiger partial charge >= 0.3 is 0 Å². The fourth-order valence-electron chi connectivity index (χ4n) is 1.23. The first-order valence-electron chi connectivity index (χ1n) is 4.42. The first-order valence-corrected chi connectivity index (χ1v) is 4.42. The molecule has 0 saturated heterocycles. The zero-order valence-corrected chi connectivity index (χ0v) is 7.88. The summed E-state index contributed by atoms with van der Waals surface area (Å²) < 4.78 is 1.83. The van der Waals surface area contributed by atoms with E-state index >= 15 is 0 Å².